The molecule has 150 valence electrons. The lowest BCUT2D eigenvalue weighted by Crippen LogP contribution is -2.35. The summed E-state index contributed by atoms with van der Waals surface area (Å²) in [6.07, 6.45) is 0. The van der Waals surface area contributed by atoms with Gasteiger partial charge >= 0.3 is 5.97 Å². The third-order valence-corrected chi connectivity index (χ3v) is 5.09. The van der Waals surface area contributed by atoms with Crippen molar-refractivity contribution in [3.05, 3.63) is 57.4 Å². The van der Waals surface area contributed by atoms with Crippen LogP contribution in [0.5, 0.6) is 0 Å². The molecule has 2 aromatic rings. The van der Waals surface area contributed by atoms with Crippen molar-refractivity contribution in [2.45, 2.75) is 34.2 Å². The van der Waals surface area contributed by atoms with Crippen molar-refractivity contribution in [2.75, 3.05) is 20.2 Å². The highest BCUT2D eigenvalue weighted by molar-refractivity contribution is 6.30. The van der Waals surface area contributed by atoms with E-state index in [-0.39, 0.29) is 18.2 Å². The first-order valence-electron chi connectivity index (χ1n) is 9.12. The summed E-state index contributed by atoms with van der Waals surface area (Å²) in [5.41, 5.74) is 2.57. The Bertz CT molecular complexity index is 900. The van der Waals surface area contributed by atoms with Gasteiger partial charge in [-0.2, -0.15) is 0 Å². The predicted octanol–water partition coefficient (Wildman–Crippen LogP) is 3.91. The quantitative estimate of drug-likeness (QED) is 0.518. The number of Topliss-reactive ketones (excluding diaryl/α,β-unsaturated/α-hetero) is 1. The van der Waals surface area contributed by atoms with Crippen molar-refractivity contribution in [1.82, 2.24) is 9.47 Å². The van der Waals surface area contributed by atoms with Crippen LogP contribution in [0.1, 0.15) is 56.3 Å². The van der Waals surface area contributed by atoms with Gasteiger partial charge in [0, 0.05) is 34.9 Å². The molecule has 0 spiro atoms. The van der Waals surface area contributed by atoms with Crippen LogP contribution in [0.2, 0.25) is 5.02 Å². The highest BCUT2D eigenvalue weighted by Crippen LogP contribution is 2.24. The second-order valence-corrected chi connectivity index (χ2v) is 6.86. The van der Waals surface area contributed by atoms with Crippen molar-refractivity contribution in [3.63, 3.8) is 0 Å². The highest BCUT2D eigenvalue weighted by Gasteiger charge is 2.28. The number of hydrogen-bond acceptors (Lipinski definition) is 4. The minimum atomic E-state index is -0.480. The number of hydrogen-bond donors (Lipinski definition) is 0. The van der Waals surface area contributed by atoms with Crippen molar-refractivity contribution in [1.29, 1.82) is 0 Å². The van der Waals surface area contributed by atoms with Gasteiger partial charge in [0.15, 0.2) is 5.78 Å². The van der Waals surface area contributed by atoms with Crippen LogP contribution in [0.4, 0.5) is 0 Å². The maximum absolute atomic E-state index is 13.1. The summed E-state index contributed by atoms with van der Waals surface area (Å²) < 4.78 is 6.64. The van der Waals surface area contributed by atoms with Gasteiger partial charge in [0.2, 0.25) is 0 Å². The van der Waals surface area contributed by atoms with Crippen LogP contribution in [0.15, 0.2) is 24.3 Å². The molecule has 0 saturated heterocycles. The number of likely N-dealkylation sites (N-methyl/N-ethyl adjacent to an activating group) is 1. The molecule has 0 bridgehead atoms. The van der Waals surface area contributed by atoms with Gasteiger partial charge in [-0.05, 0) is 57.5 Å². The number of nitrogens with zero attached hydrogens (tertiary/aromatic N) is 2. The number of amides is 1. The zero-order chi connectivity index (χ0) is 21.0. The van der Waals surface area contributed by atoms with Gasteiger partial charge in [0.05, 0.1) is 13.7 Å². The Morgan fingerprint density at radius 1 is 1.11 bits per heavy atom. The summed E-state index contributed by atoms with van der Waals surface area (Å²) in [4.78, 5) is 39.5. The second-order valence-electron chi connectivity index (χ2n) is 6.42. The molecule has 1 aromatic carbocycles. The third-order valence-electron chi connectivity index (χ3n) is 4.84. The van der Waals surface area contributed by atoms with E-state index in [0.29, 0.717) is 46.2 Å². The lowest BCUT2D eigenvalue weighted by Gasteiger charge is -2.20. The summed E-state index contributed by atoms with van der Waals surface area (Å²) in [7, 11) is 1.31. The van der Waals surface area contributed by atoms with Crippen molar-refractivity contribution >= 4 is 29.3 Å². The molecule has 7 heteroatoms. The molecule has 1 aromatic heterocycles. The van der Waals surface area contributed by atoms with E-state index in [1.165, 1.54) is 12.0 Å². The maximum Gasteiger partial charge on any atom is 0.354 e. The van der Waals surface area contributed by atoms with Gasteiger partial charge in [-0.3, -0.25) is 9.59 Å². The van der Waals surface area contributed by atoms with Gasteiger partial charge < -0.3 is 14.2 Å². The van der Waals surface area contributed by atoms with E-state index in [4.69, 9.17) is 16.3 Å². The van der Waals surface area contributed by atoms with Crippen LogP contribution < -0.4 is 0 Å². The van der Waals surface area contributed by atoms with E-state index in [2.05, 4.69) is 0 Å². The molecule has 0 saturated carbocycles. The largest absolute Gasteiger partial charge is 0.464 e. The molecule has 0 atom stereocenters. The molecule has 0 aliphatic carbocycles. The van der Waals surface area contributed by atoms with Gasteiger partial charge in [0.1, 0.15) is 5.69 Å². The number of aromatic nitrogens is 1. The zero-order valence-electron chi connectivity index (χ0n) is 16.8. The molecule has 6 nitrogen and oxygen atoms in total. The van der Waals surface area contributed by atoms with E-state index >= 15 is 0 Å². The number of methoxy groups -OCH3 is 1. The Balaban J connectivity index is 2.35. The fourth-order valence-electron chi connectivity index (χ4n) is 3.42. The Morgan fingerprint density at radius 3 is 2.21 bits per heavy atom. The number of ether oxygens (including phenoxy) is 1. The monoisotopic (exact) mass is 404 g/mol. The smallest absolute Gasteiger partial charge is 0.354 e. The maximum atomic E-state index is 13.1. The van der Waals surface area contributed by atoms with Gasteiger partial charge in [-0.15, -0.1) is 0 Å². The van der Waals surface area contributed by atoms with Crippen molar-refractivity contribution in [2.24, 2.45) is 0 Å². The van der Waals surface area contributed by atoms with Crippen LogP contribution in [-0.2, 0) is 11.3 Å². The number of ketones is 1. The molecule has 0 aliphatic rings. The Morgan fingerprint density at radius 2 is 1.71 bits per heavy atom. The van der Waals surface area contributed by atoms with E-state index in [1.54, 1.807) is 42.7 Å². The van der Waals surface area contributed by atoms with E-state index in [1.807, 2.05) is 13.8 Å². The number of halogens is 1. The molecule has 1 amide bonds. The molecule has 0 N–H and O–H groups in total. The van der Waals surface area contributed by atoms with Crippen LogP contribution >= 0.6 is 11.6 Å². The Hall–Kier alpha value is -2.60. The lowest BCUT2D eigenvalue weighted by atomic mass is 10.0. The molecule has 0 aliphatic heterocycles. The summed E-state index contributed by atoms with van der Waals surface area (Å²) in [6, 6.07) is 6.56. The zero-order valence-corrected chi connectivity index (χ0v) is 17.6. The molecule has 0 radical (unpaired) electrons. The lowest BCUT2D eigenvalue weighted by molar-refractivity contribution is 0.0587. The highest BCUT2D eigenvalue weighted by atomic mass is 35.5. The minimum absolute atomic E-state index is 0.0754. The predicted molar refractivity (Wildman–Crippen MR) is 108 cm³/mol. The number of carbonyl (C=O) groups excluding carboxylic acids is 3. The fraction of sp³-hybridized carbons (Fsp3) is 0.381. The third kappa shape index (κ3) is 4.12. The molecular formula is C21H25ClN2O4. The summed E-state index contributed by atoms with van der Waals surface area (Å²) >= 11 is 5.88. The Labute approximate surface area is 170 Å². The average Bonchev–Trinajstić information content (AvgIpc) is 2.94. The normalized spacial score (nSPS) is 10.6. The first-order valence-corrected chi connectivity index (χ1v) is 9.50. The SMILES string of the molecule is CCN(CC(=O)c1c(C)c(C(=O)OC)n(CC)c1C)C(=O)c1ccc(Cl)cc1. The van der Waals surface area contributed by atoms with Crippen LogP contribution in [-0.4, -0.2) is 47.3 Å². The molecular weight excluding hydrogens is 380 g/mol. The number of rotatable bonds is 7. The van der Waals surface area contributed by atoms with Crippen LogP contribution in [0.25, 0.3) is 0 Å². The van der Waals surface area contributed by atoms with Gasteiger partial charge in [-0.1, -0.05) is 11.6 Å². The summed E-state index contributed by atoms with van der Waals surface area (Å²) in [5.74, 6) is -0.937. The van der Waals surface area contributed by atoms with Gasteiger partial charge in [0.25, 0.3) is 5.91 Å². The van der Waals surface area contributed by atoms with E-state index < -0.39 is 5.97 Å². The minimum Gasteiger partial charge on any atom is -0.464 e. The second kappa shape index (κ2) is 9.06. The molecule has 2 rings (SSSR count). The number of carbonyl (C=O) groups is 3. The number of benzene rings is 1. The average molecular weight is 405 g/mol. The van der Waals surface area contributed by atoms with Crippen molar-refractivity contribution in [3.8, 4) is 0 Å². The molecule has 1 heterocycles. The van der Waals surface area contributed by atoms with Crippen molar-refractivity contribution < 1.29 is 19.1 Å². The first kappa shape index (κ1) is 21.7. The summed E-state index contributed by atoms with van der Waals surface area (Å²) in [6.45, 7) is 8.08. The molecule has 0 unspecified atom stereocenters. The summed E-state index contributed by atoms with van der Waals surface area (Å²) in [5, 5.41) is 0.540. The first-order chi connectivity index (χ1) is 13.3. The van der Waals surface area contributed by atoms with Gasteiger partial charge in [-0.25, -0.2) is 4.79 Å². The van der Waals surface area contributed by atoms with E-state index in [9.17, 15) is 14.4 Å². The molecule has 0 fully saturated rings. The standard InChI is InChI=1S/C21H25ClN2O4/c1-6-23(20(26)15-8-10-16(22)11-9-15)12-17(25)18-13(3)19(21(27)28-5)24(7-2)14(18)4/h8-11H,6-7,12H2,1-5H3. The van der Waals surface area contributed by atoms with E-state index in [0.717, 1.165) is 0 Å². The Kier molecular flexibility index (Phi) is 7.02. The van der Waals surface area contributed by atoms with Crippen LogP contribution in [0.3, 0.4) is 0 Å². The molecule has 28 heavy (non-hydrogen) atoms. The van der Waals surface area contributed by atoms with Crippen LogP contribution in [0, 0.1) is 13.8 Å². The number of esters is 1. The topological polar surface area (TPSA) is 68.6 Å². The fourth-order valence-corrected chi connectivity index (χ4v) is 3.54.